The van der Waals surface area contributed by atoms with E-state index in [4.69, 9.17) is 0 Å². The SMILES string of the molecule is CC(C)c1nsc(NC(C)(C)C(C)O)n1. The van der Waals surface area contributed by atoms with Gasteiger partial charge in [0.05, 0.1) is 11.6 Å². The van der Waals surface area contributed by atoms with Crippen LogP contribution in [0.25, 0.3) is 0 Å². The van der Waals surface area contributed by atoms with Gasteiger partial charge in [-0.3, -0.25) is 0 Å². The molecule has 0 aliphatic heterocycles. The van der Waals surface area contributed by atoms with E-state index in [9.17, 15) is 5.11 Å². The molecule has 2 N–H and O–H groups in total. The predicted molar refractivity (Wildman–Crippen MR) is 63.4 cm³/mol. The molecule has 0 amide bonds. The lowest BCUT2D eigenvalue weighted by Crippen LogP contribution is -2.41. The minimum absolute atomic E-state index is 0.339. The summed E-state index contributed by atoms with van der Waals surface area (Å²) in [5, 5.41) is 13.5. The Morgan fingerprint density at radius 1 is 1.33 bits per heavy atom. The fraction of sp³-hybridized carbons (Fsp3) is 0.800. The summed E-state index contributed by atoms with van der Waals surface area (Å²) in [6, 6.07) is 0. The topological polar surface area (TPSA) is 58.0 Å². The summed E-state index contributed by atoms with van der Waals surface area (Å²) < 4.78 is 4.25. The number of anilines is 1. The molecule has 0 aliphatic carbocycles. The van der Waals surface area contributed by atoms with E-state index in [1.807, 2.05) is 13.8 Å². The number of nitrogens with one attached hydrogen (secondary N) is 1. The monoisotopic (exact) mass is 229 g/mol. The van der Waals surface area contributed by atoms with Crippen molar-refractivity contribution in [1.82, 2.24) is 9.36 Å². The molecular formula is C10H19N3OS. The maximum absolute atomic E-state index is 9.55. The molecule has 0 saturated heterocycles. The van der Waals surface area contributed by atoms with Crippen molar-refractivity contribution in [3.05, 3.63) is 5.82 Å². The highest BCUT2D eigenvalue weighted by Gasteiger charge is 2.25. The minimum atomic E-state index is -0.441. The summed E-state index contributed by atoms with van der Waals surface area (Å²) in [6.07, 6.45) is -0.441. The third kappa shape index (κ3) is 3.14. The molecule has 1 rings (SSSR count). The van der Waals surface area contributed by atoms with Crippen molar-refractivity contribution in [2.75, 3.05) is 5.32 Å². The second kappa shape index (κ2) is 4.45. The lowest BCUT2D eigenvalue weighted by atomic mass is 9.99. The molecule has 1 heterocycles. The predicted octanol–water partition coefficient (Wildman–Crippen LogP) is 2.23. The number of aliphatic hydroxyl groups excluding tert-OH is 1. The third-order valence-electron chi connectivity index (χ3n) is 2.43. The highest BCUT2D eigenvalue weighted by Crippen LogP contribution is 2.22. The third-order valence-corrected chi connectivity index (χ3v) is 3.08. The summed E-state index contributed by atoms with van der Waals surface area (Å²) in [7, 11) is 0. The minimum Gasteiger partial charge on any atom is -0.391 e. The van der Waals surface area contributed by atoms with Gasteiger partial charge in [-0.25, -0.2) is 4.98 Å². The van der Waals surface area contributed by atoms with Crippen molar-refractivity contribution in [3.8, 4) is 0 Å². The Kier molecular flexibility index (Phi) is 3.67. The van der Waals surface area contributed by atoms with Crippen molar-refractivity contribution < 1.29 is 5.11 Å². The zero-order valence-electron chi connectivity index (χ0n) is 9.90. The van der Waals surface area contributed by atoms with Crippen LogP contribution in [0.1, 0.15) is 46.4 Å². The normalized spacial score (nSPS) is 14.3. The Morgan fingerprint density at radius 2 is 1.93 bits per heavy atom. The quantitative estimate of drug-likeness (QED) is 0.831. The van der Waals surface area contributed by atoms with Gasteiger partial charge in [-0.1, -0.05) is 13.8 Å². The molecule has 0 spiro atoms. The van der Waals surface area contributed by atoms with Crippen molar-refractivity contribution in [1.29, 1.82) is 0 Å². The maximum atomic E-state index is 9.55. The first-order valence-electron chi connectivity index (χ1n) is 5.13. The molecule has 0 saturated carbocycles. The van der Waals surface area contributed by atoms with E-state index in [-0.39, 0.29) is 5.54 Å². The molecule has 0 bridgehead atoms. The van der Waals surface area contributed by atoms with E-state index < -0.39 is 6.10 Å². The Morgan fingerprint density at radius 3 is 2.33 bits per heavy atom. The van der Waals surface area contributed by atoms with Crippen LogP contribution in [0, 0.1) is 0 Å². The van der Waals surface area contributed by atoms with Crippen LogP contribution < -0.4 is 5.32 Å². The van der Waals surface area contributed by atoms with E-state index >= 15 is 0 Å². The van der Waals surface area contributed by atoms with Crippen molar-refractivity contribution in [2.24, 2.45) is 0 Å². The fourth-order valence-electron chi connectivity index (χ4n) is 0.900. The molecule has 5 heteroatoms. The Hall–Kier alpha value is -0.680. The van der Waals surface area contributed by atoms with Crippen molar-refractivity contribution >= 4 is 16.7 Å². The Bertz CT molecular complexity index is 320. The molecule has 1 unspecified atom stereocenters. The van der Waals surface area contributed by atoms with E-state index in [1.165, 1.54) is 11.5 Å². The number of aromatic nitrogens is 2. The Labute approximate surface area is 94.9 Å². The molecule has 0 fully saturated rings. The number of rotatable bonds is 4. The molecule has 1 aromatic rings. The summed E-state index contributed by atoms with van der Waals surface area (Å²) in [5.41, 5.74) is -0.381. The van der Waals surface area contributed by atoms with Crippen LogP contribution in [0.4, 0.5) is 5.13 Å². The average molecular weight is 229 g/mol. The summed E-state index contributed by atoms with van der Waals surface area (Å²) in [5.74, 6) is 1.19. The van der Waals surface area contributed by atoms with Gasteiger partial charge in [-0.15, -0.1) is 0 Å². The first kappa shape index (κ1) is 12.4. The Balaban J connectivity index is 2.73. The lowest BCUT2D eigenvalue weighted by molar-refractivity contribution is 0.133. The largest absolute Gasteiger partial charge is 0.391 e. The standard InChI is InChI=1S/C10H19N3OS/c1-6(2)8-11-9(15-13-8)12-10(4,5)7(3)14/h6-7,14H,1-5H3,(H,11,12,13). The highest BCUT2D eigenvalue weighted by molar-refractivity contribution is 7.09. The molecule has 4 nitrogen and oxygen atoms in total. The number of nitrogens with zero attached hydrogens (tertiary/aromatic N) is 2. The van der Waals surface area contributed by atoms with Crippen LogP contribution in [-0.2, 0) is 0 Å². The van der Waals surface area contributed by atoms with Gasteiger partial charge >= 0.3 is 0 Å². The van der Waals surface area contributed by atoms with Gasteiger partial charge in [0.1, 0.15) is 5.82 Å². The van der Waals surface area contributed by atoms with Gasteiger partial charge in [0.25, 0.3) is 0 Å². The van der Waals surface area contributed by atoms with Crippen LogP contribution in [0.3, 0.4) is 0 Å². The average Bonchev–Trinajstić information content (AvgIpc) is 2.51. The van der Waals surface area contributed by atoms with Gasteiger partial charge in [0.15, 0.2) is 0 Å². The first-order chi connectivity index (χ1) is 6.83. The molecular weight excluding hydrogens is 210 g/mol. The van der Waals surface area contributed by atoms with Crippen LogP contribution in [0.5, 0.6) is 0 Å². The van der Waals surface area contributed by atoms with Crippen molar-refractivity contribution in [2.45, 2.75) is 52.2 Å². The number of aliphatic hydroxyl groups is 1. The van der Waals surface area contributed by atoms with Gasteiger partial charge in [0, 0.05) is 17.5 Å². The second-order valence-electron chi connectivity index (χ2n) is 4.64. The zero-order chi connectivity index (χ0) is 11.6. The molecule has 1 atom stereocenters. The van der Waals surface area contributed by atoms with Crippen LogP contribution in [0.15, 0.2) is 0 Å². The maximum Gasteiger partial charge on any atom is 0.203 e. The lowest BCUT2D eigenvalue weighted by Gasteiger charge is -2.28. The number of hydrogen-bond acceptors (Lipinski definition) is 5. The summed E-state index contributed by atoms with van der Waals surface area (Å²) >= 11 is 1.34. The molecule has 0 aromatic carbocycles. The summed E-state index contributed by atoms with van der Waals surface area (Å²) in [4.78, 5) is 4.36. The van der Waals surface area contributed by atoms with E-state index in [0.29, 0.717) is 5.92 Å². The van der Waals surface area contributed by atoms with E-state index in [2.05, 4.69) is 28.5 Å². The smallest absolute Gasteiger partial charge is 0.203 e. The highest BCUT2D eigenvalue weighted by atomic mass is 32.1. The van der Waals surface area contributed by atoms with E-state index in [0.717, 1.165) is 11.0 Å². The van der Waals surface area contributed by atoms with Gasteiger partial charge < -0.3 is 10.4 Å². The summed E-state index contributed by atoms with van der Waals surface area (Å²) in [6.45, 7) is 9.76. The first-order valence-corrected chi connectivity index (χ1v) is 5.90. The van der Waals surface area contributed by atoms with Crippen LogP contribution in [0.2, 0.25) is 0 Å². The molecule has 0 aliphatic rings. The fourth-order valence-corrected chi connectivity index (χ4v) is 1.77. The zero-order valence-corrected chi connectivity index (χ0v) is 10.7. The van der Waals surface area contributed by atoms with E-state index in [1.54, 1.807) is 6.92 Å². The van der Waals surface area contributed by atoms with Crippen LogP contribution in [-0.4, -0.2) is 26.1 Å². The molecule has 0 radical (unpaired) electrons. The second-order valence-corrected chi connectivity index (χ2v) is 5.39. The number of hydrogen-bond donors (Lipinski definition) is 2. The molecule has 1 aromatic heterocycles. The van der Waals surface area contributed by atoms with Crippen LogP contribution >= 0.6 is 11.5 Å². The molecule has 86 valence electrons. The van der Waals surface area contributed by atoms with Crippen molar-refractivity contribution in [3.63, 3.8) is 0 Å². The van der Waals surface area contributed by atoms with Gasteiger partial charge in [0.2, 0.25) is 5.13 Å². The van der Waals surface area contributed by atoms with Gasteiger partial charge in [-0.2, -0.15) is 4.37 Å². The molecule has 15 heavy (non-hydrogen) atoms. The van der Waals surface area contributed by atoms with Gasteiger partial charge in [-0.05, 0) is 20.8 Å².